The molecule has 1 aliphatic rings. The topological polar surface area (TPSA) is 52.7 Å². The van der Waals surface area contributed by atoms with Crippen molar-refractivity contribution in [2.75, 3.05) is 33.2 Å². The minimum Gasteiger partial charge on any atom is -0.318 e. The zero-order valence-corrected chi connectivity index (χ0v) is 8.75. The van der Waals surface area contributed by atoms with E-state index < -0.39 is 0 Å². The van der Waals surface area contributed by atoms with Crippen molar-refractivity contribution >= 4 is 11.9 Å². The van der Waals surface area contributed by atoms with Gasteiger partial charge in [0.25, 0.3) is 0 Å². The first kappa shape index (κ1) is 11.0. The molecule has 80 valence electrons. The van der Waals surface area contributed by atoms with Gasteiger partial charge in [-0.2, -0.15) is 0 Å². The molecule has 1 heterocycles. The Morgan fingerprint density at radius 1 is 1.36 bits per heavy atom. The highest BCUT2D eigenvalue weighted by atomic mass is 16.2. The number of likely N-dealkylation sites (N-methyl/N-ethyl adjacent to an activating group) is 1. The second-order valence-corrected chi connectivity index (χ2v) is 3.43. The standard InChI is InChI=1S/C9H17N3O2/c1-3-4-10-5-6-12-8(13)7-11(2)9(12)14/h10H,3-7H2,1-2H3. The van der Waals surface area contributed by atoms with Crippen LogP contribution in [0.5, 0.6) is 0 Å². The van der Waals surface area contributed by atoms with Gasteiger partial charge in [0.2, 0.25) is 5.91 Å². The van der Waals surface area contributed by atoms with Gasteiger partial charge in [0.1, 0.15) is 6.54 Å². The molecule has 14 heavy (non-hydrogen) atoms. The molecule has 5 nitrogen and oxygen atoms in total. The number of nitrogens with one attached hydrogen (secondary N) is 1. The second-order valence-electron chi connectivity index (χ2n) is 3.43. The quantitative estimate of drug-likeness (QED) is 0.496. The molecule has 1 saturated heterocycles. The van der Waals surface area contributed by atoms with E-state index in [0.29, 0.717) is 13.1 Å². The summed E-state index contributed by atoms with van der Waals surface area (Å²) in [6.07, 6.45) is 1.06. The Hall–Kier alpha value is -1.10. The summed E-state index contributed by atoms with van der Waals surface area (Å²) < 4.78 is 0. The van der Waals surface area contributed by atoms with E-state index in [1.165, 1.54) is 9.80 Å². The fourth-order valence-corrected chi connectivity index (χ4v) is 1.38. The molecule has 0 aliphatic carbocycles. The first-order valence-electron chi connectivity index (χ1n) is 4.93. The predicted molar refractivity (Wildman–Crippen MR) is 52.9 cm³/mol. The van der Waals surface area contributed by atoms with Gasteiger partial charge < -0.3 is 10.2 Å². The summed E-state index contributed by atoms with van der Waals surface area (Å²) >= 11 is 0. The van der Waals surface area contributed by atoms with Crippen LogP contribution in [0.1, 0.15) is 13.3 Å². The van der Waals surface area contributed by atoms with Crippen molar-refractivity contribution in [2.45, 2.75) is 13.3 Å². The summed E-state index contributed by atoms with van der Waals surface area (Å²) in [6.45, 7) is 4.37. The fourth-order valence-electron chi connectivity index (χ4n) is 1.38. The van der Waals surface area contributed by atoms with E-state index in [4.69, 9.17) is 0 Å². The maximum absolute atomic E-state index is 11.4. The van der Waals surface area contributed by atoms with Crippen LogP contribution >= 0.6 is 0 Å². The average molecular weight is 199 g/mol. The zero-order chi connectivity index (χ0) is 10.6. The number of nitrogens with zero attached hydrogens (tertiary/aromatic N) is 2. The van der Waals surface area contributed by atoms with Crippen LogP contribution in [0.15, 0.2) is 0 Å². The molecule has 0 atom stereocenters. The molecular weight excluding hydrogens is 182 g/mol. The van der Waals surface area contributed by atoms with Gasteiger partial charge in [0.15, 0.2) is 0 Å². The summed E-state index contributed by atoms with van der Waals surface area (Å²) in [5.74, 6) is -0.101. The van der Waals surface area contributed by atoms with Gasteiger partial charge >= 0.3 is 6.03 Å². The second kappa shape index (κ2) is 4.95. The molecule has 0 bridgehead atoms. The molecule has 0 aromatic carbocycles. The molecule has 5 heteroatoms. The highest BCUT2D eigenvalue weighted by molar-refractivity contribution is 6.01. The van der Waals surface area contributed by atoms with Crippen molar-refractivity contribution in [2.24, 2.45) is 0 Å². The van der Waals surface area contributed by atoms with Crippen LogP contribution in [0.3, 0.4) is 0 Å². The zero-order valence-electron chi connectivity index (χ0n) is 8.75. The Morgan fingerprint density at radius 2 is 2.07 bits per heavy atom. The number of urea groups is 1. The molecule has 0 saturated carbocycles. The SMILES string of the molecule is CCCNCCN1C(=O)CN(C)C1=O. The van der Waals surface area contributed by atoms with E-state index in [1.54, 1.807) is 7.05 Å². The van der Waals surface area contributed by atoms with Crippen molar-refractivity contribution in [1.82, 2.24) is 15.1 Å². The highest BCUT2D eigenvalue weighted by Crippen LogP contribution is 2.06. The lowest BCUT2D eigenvalue weighted by Crippen LogP contribution is -2.37. The van der Waals surface area contributed by atoms with Crippen molar-refractivity contribution in [3.05, 3.63) is 0 Å². The van der Waals surface area contributed by atoms with E-state index in [9.17, 15) is 9.59 Å². The number of imide groups is 1. The Kier molecular flexibility index (Phi) is 3.88. The van der Waals surface area contributed by atoms with Gasteiger partial charge in [-0.05, 0) is 13.0 Å². The molecule has 1 fully saturated rings. The smallest absolute Gasteiger partial charge is 0.318 e. The maximum atomic E-state index is 11.4. The Bertz CT molecular complexity index is 230. The molecule has 0 radical (unpaired) electrons. The lowest BCUT2D eigenvalue weighted by molar-refractivity contribution is -0.125. The minimum absolute atomic E-state index is 0.101. The molecule has 0 aromatic rings. The van der Waals surface area contributed by atoms with Gasteiger partial charge in [0.05, 0.1) is 0 Å². The Morgan fingerprint density at radius 3 is 2.57 bits per heavy atom. The lowest BCUT2D eigenvalue weighted by Gasteiger charge is -2.13. The first-order chi connectivity index (χ1) is 6.66. The summed E-state index contributed by atoms with van der Waals surface area (Å²) in [5, 5.41) is 3.15. The van der Waals surface area contributed by atoms with Crippen LogP contribution in [-0.2, 0) is 4.79 Å². The van der Waals surface area contributed by atoms with Crippen LogP contribution in [0, 0.1) is 0 Å². The molecule has 0 spiro atoms. The summed E-state index contributed by atoms with van der Waals surface area (Å²) in [4.78, 5) is 25.4. The molecule has 1 aliphatic heterocycles. The first-order valence-corrected chi connectivity index (χ1v) is 4.93. The van der Waals surface area contributed by atoms with Gasteiger partial charge in [-0.15, -0.1) is 0 Å². The van der Waals surface area contributed by atoms with E-state index in [1.807, 2.05) is 0 Å². The molecule has 0 unspecified atom stereocenters. The van der Waals surface area contributed by atoms with E-state index in [0.717, 1.165) is 13.0 Å². The van der Waals surface area contributed by atoms with Crippen molar-refractivity contribution in [3.8, 4) is 0 Å². The summed E-state index contributed by atoms with van der Waals surface area (Å²) in [6, 6.07) is -0.187. The van der Waals surface area contributed by atoms with Crippen LogP contribution < -0.4 is 5.32 Å². The molecular formula is C9H17N3O2. The Labute approximate surface area is 84.0 Å². The number of amides is 3. The number of carbonyl (C=O) groups is 2. The third kappa shape index (κ3) is 2.45. The van der Waals surface area contributed by atoms with Crippen LogP contribution in [0.25, 0.3) is 0 Å². The Balaban J connectivity index is 2.30. The molecule has 0 aromatic heterocycles. The van der Waals surface area contributed by atoms with Crippen LogP contribution in [0.4, 0.5) is 4.79 Å². The van der Waals surface area contributed by atoms with Crippen molar-refractivity contribution in [1.29, 1.82) is 0 Å². The normalized spacial score (nSPS) is 17.0. The number of carbonyl (C=O) groups excluding carboxylic acids is 2. The summed E-state index contributed by atoms with van der Waals surface area (Å²) in [7, 11) is 1.64. The van der Waals surface area contributed by atoms with Gasteiger partial charge in [-0.1, -0.05) is 6.92 Å². The number of rotatable bonds is 5. The summed E-state index contributed by atoms with van der Waals surface area (Å²) in [5.41, 5.74) is 0. The van der Waals surface area contributed by atoms with Crippen LogP contribution in [-0.4, -0.2) is 55.0 Å². The van der Waals surface area contributed by atoms with Crippen LogP contribution in [0.2, 0.25) is 0 Å². The number of hydrogen-bond acceptors (Lipinski definition) is 3. The monoisotopic (exact) mass is 199 g/mol. The predicted octanol–water partition coefficient (Wildman–Crippen LogP) is -0.120. The van der Waals surface area contributed by atoms with Gasteiger partial charge in [-0.25, -0.2) is 4.79 Å². The highest BCUT2D eigenvalue weighted by Gasteiger charge is 2.32. The molecule has 1 N–H and O–H groups in total. The molecule has 1 rings (SSSR count). The minimum atomic E-state index is -0.187. The fraction of sp³-hybridized carbons (Fsp3) is 0.778. The number of hydrogen-bond donors (Lipinski definition) is 1. The van der Waals surface area contributed by atoms with Gasteiger partial charge in [0, 0.05) is 20.1 Å². The van der Waals surface area contributed by atoms with Crippen molar-refractivity contribution in [3.63, 3.8) is 0 Å². The third-order valence-electron chi connectivity index (χ3n) is 2.17. The van der Waals surface area contributed by atoms with Gasteiger partial charge in [-0.3, -0.25) is 9.69 Å². The van der Waals surface area contributed by atoms with E-state index >= 15 is 0 Å². The average Bonchev–Trinajstić information content (AvgIpc) is 2.38. The van der Waals surface area contributed by atoms with E-state index in [2.05, 4.69) is 12.2 Å². The third-order valence-corrected chi connectivity index (χ3v) is 2.17. The molecule has 3 amide bonds. The largest absolute Gasteiger partial charge is 0.327 e. The van der Waals surface area contributed by atoms with E-state index in [-0.39, 0.29) is 18.5 Å². The maximum Gasteiger partial charge on any atom is 0.327 e. The lowest BCUT2D eigenvalue weighted by atomic mass is 10.4. The van der Waals surface area contributed by atoms with Crippen molar-refractivity contribution < 1.29 is 9.59 Å².